The minimum atomic E-state index is -0.847. The van der Waals surface area contributed by atoms with E-state index in [2.05, 4.69) is 20.9 Å². The Morgan fingerprint density at radius 3 is 2.44 bits per heavy atom. The van der Waals surface area contributed by atoms with E-state index in [0.29, 0.717) is 0 Å². The van der Waals surface area contributed by atoms with Crippen molar-refractivity contribution in [3.63, 3.8) is 0 Å². The van der Waals surface area contributed by atoms with Crippen LogP contribution in [0.1, 0.15) is 21.0 Å². The summed E-state index contributed by atoms with van der Waals surface area (Å²) in [6, 6.07) is 16.0. The smallest absolute Gasteiger partial charge is 0.308 e. The third kappa shape index (κ3) is 4.65. The molecule has 2 aromatic carbocycles. The van der Waals surface area contributed by atoms with E-state index >= 15 is 0 Å². The summed E-state index contributed by atoms with van der Waals surface area (Å²) >= 11 is 4.84. The van der Waals surface area contributed by atoms with Crippen molar-refractivity contribution in [1.29, 1.82) is 0 Å². The summed E-state index contributed by atoms with van der Waals surface area (Å²) in [5.41, 5.74) is 3.92. The van der Waals surface area contributed by atoms with Gasteiger partial charge in [-0.1, -0.05) is 64.0 Å². The number of carbonyl (C=O) groups is 1. The Bertz CT molecular complexity index is 912. The fourth-order valence-corrected chi connectivity index (χ4v) is 3.62. The fourth-order valence-electron chi connectivity index (χ4n) is 2.38. The van der Waals surface area contributed by atoms with Gasteiger partial charge in [0.25, 0.3) is 0 Å². The maximum absolute atomic E-state index is 11.2. The van der Waals surface area contributed by atoms with Gasteiger partial charge in [-0.05, 0) is 30.7 Å². The molecule has 3 nitrogen and oxygen atoms in total. The van der Waals surface area contributed by atoms with E-state index in [9.17, 15) is 9.90 Å². The summed E-state index contributed by atoms with van der Waals surface area (Å²) in [4.78, 5) is 16.6. The lowest BCUT2D eigenvalue weighted by atomic mass is 10.1. The van der Waals surface area contributed by atoms with Gasteiger partial charge in [-0.2, -0.15) is 0 Å². The van der Waals surface area contributed by atoms with Crippen LogP contribution in [-0.2, 0) is 11.2 Å². The lowest BCUT2D eigenvalue weighted by Gasteiger charge is -2.01. The molecular formula is C20H16BrNO2S. The van der Waals surface area contributed by atoms with Crippen LogP contribution in [0, 0.1) is 6.92 Å². The van der Waals surface area contributed by atoms with Crippen molar-refractivity contribution in [2.45, 2.75) is 13.3 Å². The van der Waals surface area contributed by atoms with Crippen molar-refractivity contribution in [3.8, 4) is 11.3 Å². The highest BCUT2D eigenvalue weighted by molar-refractivity contribution is 9.10. The predicted octanol–water partition coefficient (Wildman–Crippen LogP) is 5.68. The number of aliphatic carboxylic acids is 1. The maximum atomic E-state index is 11.2. The highest BCUT2D eigenvalue weighted by atomic mass is 79.9. The quantitative estimate of drug-likeness (QED) is 0.585. The van der Waals surface area contributed by atoms with Crippen LogP contribution in [-0.4, -0.2) is 16.1 Å². The molecule has 0 saturated heterocycles. The Hall–Kier alpha value is -2.24. The van der Waals surface area contributed by atoms with E-state index in [1.807, 2.05) is 67.6 Å². The molecule has 1 N–H and O–H groups in total. The normalized spacial score (nSPS) is 11.1. The summed E-state index contributed by atoms with van der Waals surface area (Å²) in [6.07, 6.45) is 3.89. The van der Waals surface area contributed by atoms with Gasteiger partial charge in [-0.15, -0.1) is 11.3 Å². The van der Waals surface area contributed by atoms with Crippen LogP contribution >= 0.6 is 27.3 Å². The number of halogens is 1. The first-order chi connectivity index (χ1) is 12.0. The average Bonchev–Trinajstić information content (AvgIpc) is 2.97. The Kier molecular flexibility index (Phi) is 5.46. The molecule has 0 spiro atoms. The summed E-state index contributed by atoms with van der Waals surface area (Å²) in [5, 5.41) is 9.98. The molecule has 0 aliphatic carbocycles. The monoisotopic (exact) mass is 413 g/mol. The molecule has 0 atom stereocenters. The van der Waals surface area contributed by atoms with Crippen molar-refractivity contribution in [3.05, 3.63) is 74.0 Å². The lowest BCUT2D eigenvalue weighted by Crippen LogP contribution is -1.99. The SMILES string of the molecule is Cc1ccc(-c2nc(/C=C/c3ccc(Br)cc3)sc2CC(=O)O)cc1. The number of carboxylic acid groups (broad SMARTS) is 1. The summed E-state index contributed by atoms with van der Waals surface area (Å²) in [5.74, 6) is -0.847. The zero-order chi connectivity index (χ0) is 17.8. The first-order valence-corrected chi connectivity index (χ1v) is 9.34. The van der Waals surface area contributed by atoms with Crippen LogP contribution in [0.5, 0.6) is 0 Å². The van der Waals surface area contributed by atoms with E-state index in [4.69, 9.17) is 0 Å². The van der Waals surface area contributed by atoms with Crippen molar-refractivity contribution >= 4 is 45.4 Å². The predicted molar refractivity (Wildman–Crippen MR) is 107 cm³/mol. The Labute approximate surface area is 158 Å². The van der Waals surface area contributed by atoms with Gasteiger partial charge in [-0.3, -0.25) is 4.79 Å². The molecule has 0 aliphatic heterocycles. The van der Waals surface area contributed by atoms with Crippen molar-refractivity contribution in [2.75, 3.05) is 0 Å². The zero-order valence-electron chi connectivity index (χ0n) is 13.6. The van der Waals surface area contributed by atoms with E-state index in [-0.39, 0.29) is 6.42 Å². The number of nitrogens with zero attached hydrogens (tertiary/aromatic N) is 1. The number of aryl methyl sites for hydroxylation is 1. The topological polar surface area (TPSA) is 50.2 Å². The molecule has 3 rings (SSSR count). The average molecular weight is 414 g/mol. The van der Waals surface area contributed by atoms with Gasteiger partial charge in [-0.25, -0.2) is 4.98 Å². The maximum Gasteiger partial charge on any atom is 0.308 e. The Morgan fingerprint density at radius 1 is 1.12 bits per heavy atom. The van der Waals surface area contributed by atoms with Crippen LogP contribution in [0.25, 0.3) is 23.4 Å². The van der Waals surface area contributed by atoms with Gasteiger partial charge in [0, 0.05) is 14.9 Å². The second-order valence-corrected chi connectivity index (χ2v) is 7.68. The highest BCUT2D eigenvalue weighted by Crippen LogP contribution is 2.30. The van der Waals surface area contributed by atoms with E-state index in [0.717, 1.165) is 36.7 Å². The molecule has 0 unspecified atom stereocenters. The highest BCUT2D eigenvalue weighted by Gasteiger charge is 2.14. The third-order valence-electron chi connectivity index (χ3n) is 3.64. The third-order valence-corrected chi connectivity index (χ3v) is 5.19. The molecule has 0 saturated carbocycles. The molecule has 1 aromatic heterocycles. The van der Waals surface area contributed by atoms with Gasteiger partial charge < -0.3 is 5.11 Å². The molecule has 5 heteroatoms. The standard InChI is InChI=1S/C20H16BrNO2S/c1-13-2-7-15(8-3-13)20-17(12-19(23)24)25-18(22-20)11-6-14-4-9-16(21)10-5-14/h2-11H,12H2,1H3,(H,23,24)/b11-6+. The van der Waals surface area contributed by atoms with Gasteiger partial charge in [0.15, 0.2) is 0 Å². The lowest BCUT2D eigenvalue weighted by molar-refractivity contribution is -0.136. The molecular weight excluding hydrogens is 398 g/mol. The van der Waals surface area contributed by atoms with E-state index in [1.165, 1.54) is 11.3 Å². The first kappa shape index (κ1) is 17.6. The molecule has 0 fully saturated rings. The van der Waals surface area contributed by atoms with Gasteiger partial charge in [0.2, 0.25) is 0 Å². The minimum Gasteiger partial charge on any atom is -0.481 e. The second-order valence-electron chi connectivity index (χ2n) is 5.65. The van der Waals surface area contributed by atoms with Crippen molar-refractivity contribution in [1.82, 2.24) is 4.98 Å². The molecule has 0 amide bonds. The second kappa shape index (κ2) is 7.76. The molecule has 0 bridgehead atoms. The van der Waals surface area contributed by atoms with Crippen LogP contribution in [0.4, 0.5) is 0 Å². The number of thiazole rings is 1. The Morgan fingerprint density at radius 2 is 1.80 bits per heavy atom. The van der Waals surface area contributed by atoms with Crippen molar-refractivity contribution < 1.29 is 9.90 Å². The van der Waals surface area contributed by atoms with E-state index in [1.54, 1.807) is 0 Å². The molecule has 1 heterocycles. The number of carboxylic acids is 1. The molecule has 3 aromatic rings. The molecule has 126 valence electrons. The van der Waals surface area contributed by atoms with E-state index < -0.39 is 5.97 Å². The fraction of sp³-hybridized carbons (Fsp3) is 0.100. The zero-order valence-corrected chi connectivity index (χ0v) is 16.0. The number of hydrogen-bond acceptors (Lipinski definition) is 3. The van der Waals surface area contributed by atoms with Crippen LogP contribution in [0.3, 0.4) is 0 Å². The van der Waals surface area contributed by atoms with Gasteiger partial charge >= 0.3 is 5.97 Å². The summed E-state index contributed by atoms with van der Waals surface area (Å²) in [7, 11) is 0. The Balaban J connectivity index is 1.93. The number of benzene rings is 2. The number of aromatic nitrogens is 1. The van der Waals surface area contributed by atoms with Crippen molar-refractivity contribution in [2.24, 2.45) is 0 Å². The number of rotatable bonds is 5. The molecule has 25 heavy (non-hydrogen) atoms. The largest absolute Gasteiger partial charge is 0.481 e. The number of hydrogen-bond donors (Lipinski definition) is 1. The van der Waals surface area contributed by atoms with Crippen LogP contribution in [0.2, 0.25) is 0 Å². The van der Waals surface area contributed by atoms with Gasteiger partial charge in [0.1, 0.15) is 5.01 Å². The van der Waals surface area contributed by atoms with Crippen LogP contribution in [0.15, 0.2) is 53.0 Å². The molecule has 0 radical (unpaired) electrons. The first-order valence-electron chi connectivity index (χ1n) is 7.73. The van der Waals surface area contributed by atoms with Gasteiger partial charge in [0.05, 0.1) is 12.1 Å². The van der Waals surface area contributed by atoms with Crippen LogP contribution < -0.4 is 0 Å². The molecule has 0 aliphatic rings. The summed E-state index contributed by atoms with van der Waals surface area (Å²) in [6.45, 7) is 2.02. The minimum absolute atomic E-state index is 0.0208. The summed E-state index contributed by atoms with van der Waals surface area (Å²) < 4.78 is 1.03.